The quantitative estimate of drug-likeness (QED) is 0.886. The minimum Gasteiger partial charge on any atom is -0.488 e. The van der Waals surface area contributed by atoms with Gasteiger partial charge in [0.25, 0.3) is 5.91 Å². The first-order valence-electron chi connectivity index (χ1n) is 7.99. The molecule has 1 fully saturated rings. The molecule has 0 aliphatic carbocycles. The Balaban J connectivity index is 1.60. The fourth-order valence-corrected chi connectivity index (χ4v) is 3.33. The van der Waals surface area contributed by atoms with Crippen LogP contribution in [0.15, 0.2) is 41.8 Å². The van der Waals surface area contributed by atoms with Gasteiger partial charge in [-0.05, 0) is 48.5 Å². The van der Waals surface area contributed by atoms with E-state index in [0.717, 1.165) is 25.3 Å². The van der Waals surface area contributed by atoms with Crippen LogP contribution < -0.4 is 15.4 Å². The van der Waals surface area contributed by atoms with Crippen molar-refractivity contribution in [3.8, 4) is 5.75 Å². The van der Waals surface area contributed by atoms with Gasteiger partial charge in [-0.15, -0.1) is 11.3 Å². The predicted octanol–water partition coefficient (Wildman–Crippen LogP) is 3.05. The summed E-state index contributed by atoms with van der Waals surface area (Å²) < 4.78 is 5.77. The molecule has 2 N–H and O–H groups in total. The molecule has 0 saturated carbocycles. The molecule has 1 saturated heterocycles. The first-order valence-corrected chi connectivity index (χ1v) is 8.87. The molecule has 2 heterocycles. The van der Waals surface area contributed by atoms with Gasteiger partial charge in [-0.25, -0.2) is 0 Å². The van der Waals surface area contributed by atoms with E-state index in [4.69, 9.17) is 4.74 Å². The number of carbonyl (C=O) groups excluding carboxylic acids is 1. The third kappa shape index (κ3) is 4.33. The minimum atomic E-state index is -0.0351. The Hall–Kier alpha value is -1.85. The highest BCUT2D eigenvalue weighted by Gasteiger charge is 2.23. The normalized spacial score (nSPS) is 20.9. The second-order valence-electron chi connectivity index (χ2n) is 5.95. The van der Waals surface area contributed by atoms with Crippen molar-refractivity contribution in [2.24, 2.45) is 5.92 Å². The van der Waals surface area contributed by atoms with Gasteiger partial charge in [0, 0.05) is 23.0 Å². The molecule has 5 heteroatoms. The van der Waals surface area contributed by atoms with Crippen molar-refractivity contribution < 1.29 is 9.53 Å². The zero-order valence-electron chi connectivity index (χ0n) is 13.2. The lowest BCUT2D eigenvalue weighted by Gasteiger charge is -2.30. The summed E-state index contributed by atoms with van der Waals surface area (Å²) in [6.07, 6.45) is 1.09. The number of ether oxygens (including phenoxy) is 1. The third-order valence-electron chi connectivity index (χ3n) is 4.20. The molecule has 2 aromatic rings. The van der Waals surface area contributed by atoms with Crippen LogP contribution in [-0.2, 0) is 6.61 Å². The highest BCUT2D eigenvalue weighted by molar-refractivity contribution is 7.09. The van der Waals surface area contributed by atoms with Crippen LogP contribution in [0.25, 0.3) is 0 Å². The van der Waals surface area contributed by atoms with Gasteiger partial charge in [-0.3, -0.25) is 4.79 Å². The van der Waals surface area contributed by atoms with Crippen molar-refractivity contribution in [1.29, 1.82) is 0 Å². The summed E-state index contributed by atoms with van der Waals surface area (Å²) in [6, 6.07) is 11.6. The SMILES string of the molecule is CC1CCNCC1NC(=O)c1cccc(OCc2cccs2)c1. The smallest absolute Gasteiger partial charge is 0.251 e. The van der Waals surface area contributed by atoms with Gasteiger partial charge in [0.05, 0.1) is 0 Å². The molecule has 1 aromatic heterocycles. The number of hydrogen-bond acceptors (Lipinski definition) is 4. The lowest BCUT2D eigenvalue weighted by atomic mass is 9.94. The largest absolute Gasteiger partial charge is 0.488 e. The first-order chi connectivity index (χ1) is 11.2. The van der Waals surface area contributed by atoms with Crippen LogP contribution in [0, 0.1) is 5.92 Å². The number of amides is 1. The van der Waals surface area contributed by atoms with Crippen molar-refractivity contribution in [1.82, 2.24) is 10.6 Å². The maximum absolute atomic E-state index is 12.5. The van der Waals surface area contributed by atoms with Crippen molar-refractivity contribution in [3.05, 3.63) is 52.2 Å². The molecule has 1 aliphatic heterocycles. The summed E-state index contributed by atoms with van der Waals surface area (Å²) in [4.78, 5) is 13.6. The van der Waals surface area contributed by atoms with Crippen LogP contribution >= 0.6 is 11.3 Å². The number of thiophene rings is 1. The van der Waals surface area contributed by atoms with Gasteiger partial charge in [0.15, 0.2) is 0 Å². The molecule has 23 heavy (non-hydrogen) atoms. The van der Waals surface area contributed by atoms with E-state index in [1.807, 2.05) is 41.8 Å². The standard InChI is InChI=1S/C18H22N2O2S/c1-13-7-8-19-11-17(13)20-18(21)14-4-2-5-15(10-14)22-12-16-6-3-9-23-16/h2-6,9-10,13,17,19H,7-8,11-12H2,1H3,(H,20,21). The van der Waals surface area contributed by atoms with Crippen molar-refractivity contribution >= 4 is 17.2 Å². The molecule has 122 valence electrons. The fourth-order valence-electron chi connectivity index (χ4n) is 2.71. The van der Waals surface area contributed by atoms with Crippen molar-refractivity contribution in [3.63, 3.8) is 0 Å². The zero-order chi connectivity index (χ0) is 16.1. The van der Waals surface area contributed by atoms with E-state index < -0.39 is 0 Å². The molecule has 0 radical (unpaired) electrons. The summed E-state index contributed by atoms with van der Waals surface area (Å²) in [5, 5.41) is 8.49. The van der Waals surface area contributed by atoms with E-state index in [-0.39, 0.29) is 11.9 Å². The fraction of sp³-hybridized carbons (Fsp3) is 0.389. The van der Waals surface area contributed by atoms with Crippen LogP contribution in [-0.4, -0.2) is 25.0 Å². The van der Waals surface area contributed by atoms with Crippen LogP contribution in [0.3, 0.4) is 0 Å². The highest BCUT2D eigenvalue weighted by Crippen LogP contribution is 2.18. The number of hydrogen-bond donors (Lipinski definition) is 2. The monoisotopic (exact) mass is 330 g/mol. The van der Waals surface area contributed by atoms with Gasteiger partial charge in [0.2, 0.25) is 0 Å². The molecule has 1 aromatic carbocycles. The lowest BCUT2D eigenvalue weighted by molar-refractivity contribution is 0.0914. The lowest BCUT2D eigenvalue weighted by Crippen LogP contribution is -2.50. The molecule has 3 rings (SSSR count). The molecule has 0 spiro atoms. The molecule has 0 bridgehead atoms. The summed E-state index contributed by atoms with van der Waals surface area (Å²) in [5.41, 5.74) is 0.645. The summed E-state index contributed by atoms with van der Waals surface area (Å²) in [6.45, 7) is 4.58. The van der Waals surface area contributed by atoms with E-state index in [2.05, 4.69) is 17.6 Å². The van der Waals surface area contributed by atoms with Crippen molar-refractivity contribution in [2.75, 3.05) is 13.1 Å². The zero-order valence-corrected chi connectivity index (χ0v) is 14.1. The van der Waals surface area contributed by atoms with Crippen LogP contribution in [0.1, 0.15) is 28.6 Å². The number of benzene rings is 1. The second kappa shape index (κ2) is 7.62. The number of nitrogens with one attached hydrogen (secondary N) is 2. The van der Waals surface area contributed by atoms with E-state index in [1.165, 1.54) is 4.88 Å². The second-order valence-corrected chi connectivity index (χ2v) is 6.98. The molecular weight excluding hydrogens is 308 g/mol. The molecule has 1 aliphatic rings. The predicted molar refractivity (Wildman–Crippen MR) is 93.0 cm³/mol. The van der Waals surface area contributed by atoms with Crippen molar-refractivity contribution in [2.45, 2.75) is 26.0 Å². The Labute approximate surface area is 140 Å². The Bertz CT molecular complexity index is 642. The van der Waals surface area contributed by atoms with Gasteiger partial charge in [-0.2, -0.15) is 0 Å². The van der Waals surface area contributed by atoms with Crippen LogP contribution in [0.4, 0.5) is 0 Å². The maximum Gasteiger partial charge on any atom is 0.251 e. The Morgan fingerprint density at radius 1 is 1.39 bits per heavy atom. The van der Waals surface area contributed by atoms with Gasteiger partial charge in [0.1, 0.15) is 12.4 Å². The molecule has 2 unspecified atom stereocenters. The number of rotatable bonds is 5. The first kappa shape index (κ1) is 16.0. The number of carbonyl (C=O) groups is 1. The average Bonchev–Trinajstić information content (AvgIpc) is 3.09. The topological polar surface area (TPSA) is 50.4 Å². The Morgan fingerprint density at radius 3 is 3.09 bits per heavy atom. The third-order valence-corrected chi connectivity index (χ3v) is 5.05. The Kier molecular flexibility index (Phi) is 5.31. The molecular formula is C18H22N2O2S. The summed E-state index contributed by atoms with van der Waals surface area (Å²) >= 11 is 1.66. The summed E-state index contributed by atoms with van der Waals surface area (Å²) in [5.74, 6) is 1.19. The summed E-state index contributed by atoms with van der Waals surface area (Å²) in [7, 11) is 0. The van der Waals surface area contributed by atoms with E-state index in [9.17, 15) is 4.79 Å². The molecule has 4 nitrogen and oxygen atoms in total. The number of piperidine rings is 1. The van der Waals surface area contributed by atoms with Crippen LogP contribution in [0.2, 0.25) is 0 Å². The Morgan fingerprint density at radius 2 is 2.30 bits per heavy atom. The minimum absolute atomic E-state index is 0.0351. The van der Waals surface area contributed by atoms with E-state index >= 15 is 0 Å². The van der Waals surface area contributed by atoms with Gasteiger partial charge < -0.3 is 15.4 Å². The van der Waals surface area contributed by atoms with E-state index in [1.54, 1.807) is 11.3 Å². The van der Waals surface area contributed by atoms with E-state index in [0.29, 0.717) is 18.1 Å². The average molecular weight is 330 g/mol. The van der Waals surface area contributed by atoms with Gasteiger partial charge in [-0.1, -0.05) is 19.1 Å². The molecule has 2 atom stereocenters. The maximum atomic E-state index is 12.5. The molecule has 1 amide bonds. The highest BCUT2D eigenvalue weighted by atomic mass is 32.1. The van der Waals surface area contributed by atoms with Gasteiger partial charge >= 0.3 is 0 Å². The van der Waals surface area contributed by atoms with Crippen LogP contribution in [0.5, 0.6) is 5.75 Å².